The number of benzene rings is 2. The second-order valence-electron chi connectivity index (χ2n) is 5.35. The van der Waals surface area contributed by atoms with Crippen molar-refractivity contribution < 1.29 is 9.53 Å². The molecule has 2 aromatic carbocycles. The van der Waals surface area contributed by atoms with Gasteiger partial charge in [0.05, 0.1) is 5.52 Å². The fraction of sp³-hybridized carbons (Fsp3) is 0.158. The molecule has 0 aliphatic heterocycles. The van der Waals surface area contributed by atoms with Crippen LogP contribution < -0.4 is 5.32 Å². The van der Waals surface area contributed by atoms with Gasteiger partial charge in [-0.05, 0) is 18.2 Å². The lowest BCUT2D eigenvalue weighted by Gasteiger charge is -2.17. The number of carbonyl (C=O) groups is 1. The Hall–Kier alpha value is -2.43. The van der Waals surface area contributed by atoms with Crippen LogP contribution in [0.5, 0.6) is 0 Å². The summed E-state index contributed by atoms with van der Waals surface area (Å²) >= 11 is 6.19. The van der Waals surface area contributed by atoms with Crippen molar-refractivity contribution >= 4 is 28.4 Å². The van der Waals surface area contributed by atoms with Crippen molar-refractivity contribution in [3.05, 3.63) is 76.9 Å². The first kappa shape index (κ1) is 16.4. The van der Waals surface area contributed by atoms with E-state index in [1.807, 2.05) is 48.5 Å². The Morgan fingerprint density at radius 2 is 1.88 bits per heavy atom. The molecule has 0 fully saturated rings. The molecular weight excluding hydrogens is 324 g/mol. The van der Waals surface area contributed by atoms with Crippen LogP contribution in [0.3, 0.4) is 0 Å². The Kier molecular flexibility index (Phi) is 5.08. The van der Waals surface area contributed by atoms with Crippen LogP contribution in [-0.2, 0) is 4.74 Å². The van der Waals surface area contributed by atoms with E-state index in [1.54, 1.807) is 19.2 Å². The monoisotopic (exact) mass is 340 g/mol. The van der Waals surface area contributed by atoms with Crippen LogP contribution in [0.2, 0.25) is 5.02 Å². The van der Waals surface area contributed by atoms with Crippen LogP contribution in [0.4, 0.5) is 0 Å². The lowest BCUT2D eigenvalue weighted by Crippen LogP contribution is -2.29. The lowest BCUT2D eigenvalue weighted by molar-refractivity contribution is 0.0824. The number of amides is 1. The van der Waals surface area contributed by atoms with Gasteiger partial charge in [0.25, 0.3) is 5.91 Å². The van der Waals surface area contributed by atoms with Crippen molar-refractivity contribution in [2.24, 2.45) is 0 Å². The summed E-state index contributed by atoms with van der Waals surface area (Å²) in [6, 6.07) is 18.7. The molecule has 4 nitrogen and oxygen atoms in total. The van der Waals surface area contributed by atoms with E-state index in [4.69, 9.17) is 16.3 Å². The largest absolute Gasteiger partial charge is 0.375 e. The fourth-order valence-corrected chi connectivity index (χ4v) is 2.78. The number of nitrogens with one attached hydrogen (secondary N) is 1. The molecule has 1 atom stereocenters. The molecule has 5 heteroatoms. The molecule has 3 rings (SSSR count). The van der Waals surface area contributed by atoms with E-state index in [0.29, 0.717) is 17.3 Å². The zero-order valence-corrected chi connectivity index (χ0v) is 14.0. The Balaban J connectivity index is 1.72. The topological polar surface area (TPSA) is 51.2 Å². The van der Waals surface area contributed by atoms with Gasteiger partial charge in [-0.2, -0.15) is 0 Å². The molecule has 1 amide bonds. The van der Waals surface area contributed by atoms with Crippen LogP contribution in [0.25, 0.3) is 10.9 Å². The third kappa shape index (κ3) is 3.55. The number of carbonyl (C=O) groups excluding carboxylic acids is 1. The Morgan fingerprint density at radius 1 is 1.12 bits per heavy atom. The summed E-state index contributed by atoms with van der Waals surface area (Å²) in [7, 11) is 1.59. The van der Waals surface area contributed by atoms with E-state index in [2.05, 4.69) is 10.3 Å². The highest BCUT2D eigenvalue weighted by atomic mass is 35.5. The van der Waals surface area contributed by atoms with Crippen molar-refractivity contribution in [1.82, 2.24) is 10.3 Å². The molecule has 0 saturated carbocycles. The summed E-state index contributed by atoms with van der Waals surface area (Å²) in [4.78, 5) is 16.8. The van der Waals surface area contributed by atoms with Crippen LogP contribution in [0.1, 0.15) is 22.2 Å². The SMILES string of the molecule is COC(CNC(=O)c1ccc2ccccc2n1)c1ccccc1Cl. The highest BCUT2D eigenvalue weighted by Gasteiger charge is 2.16. The summed E-state index contributed by atoms with van der Waals surface area (Å²) in [6.45, 7) is 0.313. The predicted octanol–water partition coefficient (Wildman–Crippen LogP) is 4.01. The minimum Gasteiger partial charge on any atom is -0.375 e. The van der Waals surface area contributed by atoms with Gasteiger partial charge in [-0.25, -0.2) is 4.98 Å². The van der Waals surface area contributed by atoms with Gasteiger partial charge < -0.3 is 10.1 Å². The highest BCUT2D eigenvalue weighted by Crippen LogP contribution is 2.24. The summed E-state index contributed by atoms with van der Waals surface area (Å²) in [5, 5.41) is 4.47. The average molecular weight is 341 g/mol. The van der Waals surface area contributed by atoms with Gasteiger partial charge >= 0.3 is 0 Å². The summed E-state index contributed by atoms with van der Waals surface area (Å²) < 4.78 is 5.45. The molecule has 1 heterocycles. The third-order valence-corrected chi connectivity index (χ3v) is 4.16. The second-order valence-corrected chi connectivity index (χ2v) is 5.75. The van der Waals surface area contributed by atoms with Crippen LogP contribution in [-0.4, -0.2) is 24.5 Å². The van der Waals surface area contributed by atoms with Gasteiger partial charge in [0, 0.05) is 29.6 Å². The van der Waals surface area contributed by atoms with Crippen molar-refractivity contribution in [2.75, 3.05) is 13.7 Å². The normalized spacial score (nSPS) is 12.1. The van der Waals surface area contributed by atoms with E-state index in [0.717, 1.165) is 16.5 Å². The standard InChI is InChI=1S/C19H17ClN2O2/c1-24-18(14-7-3-4-8-15(14)20)12-21-19(23)17-11-10-13-6-2-5-9-16(13)22-17/h2-11,18H,12H2,1H3,(H,21,23). The first-order valence-electron chi connectivity index (χ1n) is 7.60. The van der Waals surface area contributed by atoms with E-state index in [-0.39, 0.29) is 12.0 Å². The number of methoxy groups -OCH3 is 1. The maximum atomic E-state index is 12.4. The van der Waals surface area contributed by atoms with Gasteiger partial charge in [0.2, 0.25) is 0 Å². The molecule has 0 radical (unpaired) electrons. The van der Waals surface area contributed by atoms with Crippen molar-refractivity contribution in [3.63, 3.8) is 0 Å². The number of para-hydroxylation sites is 1. The zero-order valence-electron chi connectivity index (χ0n) is 13.2. The molecule has 24 heavy (non-hydrogen) atoms. The Morgan fingerprint density at radius 3 is 2.67 bits per heavy atom. The highest BCUT2D eigenvalue weighted by molar-refractivity contribution is 6.31. The van der Waals surface area contributed by atoms with E-state index < -0.39 is 0 Å². The second kappa shape index (κ2) is 7.43. The zero-order chi connectivity index (χ0) is 16.9. The molecule has 1 aromatic heterocycles. The Labute approximate surface area is 145 Å². The van der Waals surface area contributed by atoms with Crippen molar-refractivity contribution in [2.45, 2.75) is 6.10 Å². The quantitative estimate of drug-likeness (QED) is 0.763. The van der Waals surface area contributed by atoms with Gasteiger partial charge in [-0.3, -0.25) is 4.79 Å². The number of fused-ring (bicyclic) bond motifs is 1. The number of nitrogens with zero attached hydrogens (tertiary/aromatic N) is 1. The van der Waals surface area contributed by atoms with Gasteiger partial charge in [0.1, 0.15) is 11.8 Å². The van der Waals surface area contributed by atoms with Crippen molar-refractivity contribution in [1.29, 1.82) is 0 Å². The minimum atomic E-state index is -0.317. The maximum absolute atomic E-state index is 12.4. The van der Waals surface area contributed by atoms with E-state index in [9.17, 15) is 4.79 Å². The number of ether oxygens (including phenoxy) is 1. The van der Waals surface area contributed by atoms with Crippen LogP contribution in [0, 0.1) is 0 Å². The first-order chi connectivity index (χ1) is 11.7. The predicted molar refractivity (Wildman–Crippen MR) is 95.3 cm³/mol. The molecule has 122 valence electrons. The molecule has 0 bridgehead atoms. The number of rotatable bonds is 5. The van der Waals surface area contributed by atoms with Crippen LogP contribution in [0.15, 0.2) is 60.7 Å². The molecule has 0 saturated heterocycles. The van der Waals surface area contributed by atoms with E-state index >= 15 is 0 Å². The fourth-order valence-electron chi connectivity index (χ4n) is 2.52. The van der Waals surface area contributed by atoms with E-state index in [1.165, 1.54) is 0 Å². The summed E-state index contributed by atoms with van der Waals surface area (Å²) in [5.74, 6) is -0.241. The molecule has 0 spiro atoms. The van der Waals surface area contributed by atoms with Gasteiger partial charge in [0.15, 0.2) is 0 Å². The number of pyridine rings is 1. The van der Waals surface area contributed by atoms with Crippen molar-refractivity contribution in [3.8, 4) is 0 Å². The summed E-state index contributed by atoms with van der Waals surface area (Å²) in [6.07, 6.45) is -0.317. The lowest BCUT2D eigenvalue weighted by atomic mass is 10.1. The molecule has 1 N–H and O–H groups in total. The third-order valence-electron chi connectivity index (χ3n) is 3.82. The Bertz CT molecular complexity index is 867. The average Bonchev–Trinajstić information content (AvgIpc) is 2.63. The van der Waals surface area contributed by atoms with Gasteiger partial charge in [-0.1, -0.05) is 54.1 Å². The molecular formula is C19H17ClN2O2. The molecule has 1 unspecified atom stereocenters. The van der Waals surface area contributed by atoms with Crippen LogP contribution >= 0.6 is 11.6 Å². The number of aromatic nitrogens is 1. The smallest absolute Gasteiger partial charge is 0.270 e. The summed E-state index contributed by atoms with van der Waals surface area (Å²) in [5.41, 5.74) is 2.01. The number of hydrogen-bond donors (Lipinski definition) is 1. The number of halogens is 1. The molecule has 0 aliphatic rings. The maximum Gasteiger partial charge on any atom is 0.270 e. The minimum absolute atomic E-state index is 0.241. The van der Waals surface area contributed by atoms with Gasteiger partial charge in [-0.15, -0.1) is 0 Å². The molecule has 0 aliphatic carbocycles. The first-order valence-corrected chi connectivity index (χ1v) is 7.98. The number of hydrogen-bond acceptors (Lipinski definition) is 3. The molecule has 3 aromatic rings.